The van der Waals surface area contributed by atoms with Gasteiger partial charge in [0.05, 0.1) is 33.5 Å². The zero-order chi connectivity index (χ0) is 16.5. The van der Waals surface area contributed by atoms with Gasteiger partial charge in [0, 0.05) is 0 Å². The number of fused-ring (bicyclic) bond motifs is 2. The van der Waals surface area contributed by atoms with Crippen LogP contribution in [0.15, 0.2) is 48.5 Å². The van der Waals surface area contributed by atoms with Crippen LogP contribution in [-0.4, -0.2) is 19.9 Å². The molecular weight excluding hydrogens is 296 g/mol. The lowest BCUT2D eigenvalue weighted by Crippen LogP contribution is -1.96. The summed E-state index contributed by atoms with van der Waals surface area (Å²) in [4.78, 5) is 18.3. The Balaban J connectivity index is 1.82. The first-order chi connectivity index (χ1) is 11.7. The first kappa shape index (κ1) is 14.3. The summed E-state index contributed by atoms with van der Waals surface area (Å²) in [5, 5.41) is 0. The molecule has 0 aliphatic rings. The number of para-hydroxylation sites is 4. The summed E-state index contributed by atoms with van der Waals surface area (Å²) in [6, 6.07) is 15.6. The Bertz CT molecular complexity index is 1050. The van der Waals surface area contributed by atoms with Gasteiger partial charge in [0.2, 0.25) is 0 Å². The molecule has 0 bridgehead atoms. The first-order valence-electron chi connectivity index (χ1n) is 7.69. The fraction of sp³-hybridized carbons (Fsp3) is 0.100. The van der Waals surface area contributed by atoms with Crippen molar-refractivity contribution in [2.24, 2.45) is 0 Å². The van der Waals surface area contributed by atoms with E-state index < -0.39 is 0 Å². The van der Waals surface area contributed by atoms with Crippen LogP contribution < -0.4 is 0 Å². The molecule has 114 valence electrons. The Hall–Kier alpha value is -3.32. The number of rotatable bonds is 0. The van der Waals surface area contributed by atoms with Crippen molar-refractivity contribution in [3.05, 3.63) is 71.3 Å². The zero-order valence-electron chi connectivity index (χ0n) is 13.4. The minimum absolute atomic E-state index is 0.669. The van der Waals surface area contributed by atoms with Crippen molar-refractivity contribution in [2.75, 3.05) is 0 Å². The quantitative estimate of drug-likeness (QED) is 0.466. The smallest absolute Gasteiger partial charge is 0.135 e. The van der Waals surface area contributed by atoms with Crippen LogP contribution in [-0.2, 0) is 0 Å². The van der Waals surface area contributed by atoms with Crippen LogP contribution >= 0.6 is 0 Å². The van der Waals surface area contributed by atoms with Crippen LogP contribution in [0.2, 0.25) is 0 Å². The lowest BCUT2D eigenvalue weighted by Gasteiger charge is -2.02. The SMILES string of the molecule is Cc1nc2ccccc2nc1C#Cc1nc2ccccc2nc1C. The van der Waals surface area contributed by atoms with Crippen LogP contribution in [0.1, 0.15) is 22.8 Å². The third-order valence-electron chi connectivity index (χ3n) is 3.79. The maximum atomic E-state index is 4.60. The largest absolute Gasteiger partial charge is 0.249 e. The summed E-state index contributed by atoms with van der Waals surface area (Å²) in [7, 11) is 0. The van der Waals surface area contributed by atoms with Gasteiger partial charge in [-0.3, -0.25) is 0 Å². The van der Waals surface area contributed by atoms with Crippen LogP contribution in [0, 0.1) is 25.7 Å². The highest BCUT2D eigenvalue weighted by molar-refractivity contribution is 5.76. The minimum Gasteiger partial charge on any atom is -0.249 e. The Morgan fingerprint density at radius 1 is 0.542 bits per heavy atom. The lowest BCUT2D eigenvalue weighted by molar-refractivity contribution is 1.15. The maximum Gasteiger partial charge on any atom is 0.135 e. The number of hydrogen-bond donors (Lipinski definition) is 0. The van der Waals surface area contributed by atoms with Gasteiger partial charge < -0.3 is 0 Å². The van der Waals surface area contributed by atoms with Gasteiger partial charge in [-0.05, 0) is 50.0 Å². The van der Waals surface area contributed by atoms with Gasteiger partial charge in [0.15, 0.2) is 0 Å². The van der Waals surface area contributed by atoms with Gasteiger partial charge in [-0.2, -0.15) is 0 Å². The molecule has 2 aromatic heterocycles. The molecule has 0 aliphatic heterocycles. The van der Waals surface area contributed by atoms with Crippen LogP contribution in [0.4, 0.5) is 0 Å². The van der Waals surface area contributed by atoms with E-state index in [4.69, 9.17) is 0 Å². The number of aryl methyl sites for hydroxylation is 2. The Morgan fingerprint density at radius 3 is 1.25 bits per heavy atom. The molecule has 0 spiro atoms. The monoisotopic (exact) mass is 310 g/mol. The Kier molecular flexibility index (Phi) is 3.40. The van der Waals surface area contributed by atoms with E-state index >= 15 is 0 Å². The molecule has 0 saturated heterocycles. The van der Waals surface area contributed by atoms with Gasteiger partial charge in [-0.1, -0.05) is 24.3 Å². The van der Waals surface area contributed by atoms with Crippen molar-refractivity contribution in [1.82, 2.24) is 19.9 Å². The molecule has 0 fully saturated rings. The second-order valence-electron chi connectivity index (χ2n) is 5.54. The maximum absolute atomic E-state index is 4.60. The van der Waals surface area contributed by atoms with Crippen molar-refractivity contribution in [3.63, 3.8) is 0 Å². The molecule has 2 aromatic carbocycles. The molecule has 4 heteroatoms. The number of nitrogens with zero attached hydrogens (tertiary/aromatic N) is 4. The summed E-state index contributed by atoms with van der Waals surface area (Å²) < 4.78 is 0. The number of benzene rings is 2. The molecule has 0 aliphatic carbocycles. The third kappa shape index (κ3) is 2.57. The third-order valence-corrected chi connectivity index (χ3v) is 3.79. The van der Waals surface area contributed by atoms with Gasteiger partial charge in [-0.15, -0.1) is 0 Å². The van der Waals surface area contributed by atoms with Crippen molar-refractivity contribution in [1.29, 1.82) is 0 Å². The highest BCUT2D eigenvalue weighted by Gasteiger charge is 2.04. The van der Waals surface area contributed by atoms with Gasteiger partial charge >= 0.3 is 0 Å². The van der Waals surface area contributed by atoms with E-state index in [2.05, 4.69) is 31.8 Å². The lowest BCUT2D eigenvalue weighted by atomic mass is 10.2. The van der Waals surface area contributed by atoms with E-state index in [1.54, 1.807) is 0 Å². The van der Waals surface area contributed by atoms with Gasteiger partial charge in [0.25, 0.3) is 0 Å². The number of aromatic nitrogens is 4. The second kappa shape index (κ2) is 5.71. The van der Waals surface area contributed by atoms with Gasteiger partial charge in [-0.25, -0.2) is 19.9 Å². The molecule has 4 rings (SSSR count). The highest BCUT2D eigenvalue weighted by Crippen LogP contribution is 2.13. The van der Waals surface area contributed by atoms with Crippen molar-refractivity contribution >= 4 is 22.1 Å². The van der Waals surface area contributed by atoms with Crippen molar-refractivity contribution in [3.8, 4) is 11.8 Å². The zero-order valence-corrected chi connectivity index (χ0v) is 13.4. The summed E-state index contributed by atoms with van der Waals surface area (Å²) in [6.45, 7) is 3.84. The predicted octanol–water partition coefficient (Wildman–Crippen LogP) is 3.59. The molecule has 0 unspecified atom stereocenters. The minimum atomic E-state index is 0.669. The molecule has 0 atom stereocenters. The summed E-state index contributed by atoms with van der Waals surface area (Å²) in [5.74, 6) is 6.20. The highest BCUT2D eigenvalue weighted by atomic mass is 14.8. The Morgan fingerprint density at radius 2 is 0.875 bits per heavy atom. The molecule has 4 aromatic rings. The molecule has 0 radical (unpaired) electrons. The summed E-state index contributed by atoms with van der Waals surface area (Å²) >= 11 is 0. The molecule has 0 amide bonds. The summed E-state index contributed by atoms with van der Waals surface area (Å²) in [5.41, 5.74) is 6.40. The fourth-order valence-electron chi connectivity index (χ4n) is 2.53. The summed E-state index contributed by atoms with van der Waals surface area (Å²) in [6.07, 6.45) is 0. The standard InChI is InChI=1S/C20H14N4/c1-13-15(23-19-9-5-3-7-17(19)21-13)11-12-16-14(2)22-18-8-4-6-10-20(18)24-16/h3-10H,1-2H3. The molecule has 24 heavy (non-hydrogen) atoms. The average molecular weight is 310 g/mol. The second-order valence-corrected chi connectivity index (χ2v) is 5.54. The number of hydrogen-bond acceptors (Lipinski definition) is 4. The molecule has 0 N–H and O–H groups in total. The fourth-order valence-corrected chi connectivity index (χ4v) is 2.53. The van der Waals surface area contributed by atoms with Crippen LogP contribution in [0.25, 0.3) is 22.1 Å². The van der Waals surface area contributed by atoms with Crippen molar-refractivity contribution in [2.45, 2.75) is 13.8 Å². The van der Waals surface area contributed by atoms with Crippen LogP contribution in [0.5, 0.6) is 0 Å². The average Bonchev–Trinajstić information content (AvgIpc) is 2.60. The Labute approximate surface area is 139 Å². The van der Waals surface area contributed by atoms with E-state index in [1.165, 1.54) is 0 Å². The van der Waals surface area contributed by atoms with E-state index in [0.29, 0.717) is 11.4 Å². The van der Waals surface area contributed by atoms with E-state index in [9.17, 15) is 0 Å². The normalized spacial score (nSPS) is 10.6. The molecular formula is C20H14N4. The molecule has 4 nitrogen and oxygen atoms in total. The topological polar surface area (TPSA) is 51.6 Å². The van der Waals surface area contributed by atoms with Gasteiger partial charge in [0.1, 0.15) is 11.4 Å². The van der Waals surface area contributed by atoms with Crippen LogP contribution in [0.3, 0.4) is 0 Å². The van der Waals surface area contributed by atoms with E-state index in [-0.39, 0.29) is 0 Å². The first-order valence-corrected chi connectivity index (χ1v) is 7.69. The van der Waals surface area contributed by atoms with Crippen molar-refractivity contribution < 1.29 is 0 Å². The molecule has 0 saturated carbocycles. The van der Waals surface area contributed by atoms with E-state index in [1.807, 2.05) is 62.4 Å². The van der Waals surface area contributed by atoms with E-state index in [0.717, 1.165) is 33.5 Å². The predicted molar refractivity (Wildman–Crippen MR) is 94.5 cm³/mol. The molecule has 2 heterocycles.